The van der Waals surface area contributed by atoms with Crippen molar-refractivity contribution in [3.8, 4) is 11.6 Å². The molecule has 0 saturated carbocycles. The van der Waals surface area contributed by atoms with E-state index in [0.717, 1.165) is 11.3 Å². The number of benzene rings is 1. The number of aromatic nitrogens is 2. The number of aromatic amines is 1. The van der Waals surface area contributed by atoms with E-state index in [1.807, 2.05) is 25.1 Å². The monoisotopic (exact) mass is 389 g/mol. The van der Waals surface area contributed by atoms with Crippen LogP contribution in [0.5, 0.6) is 0 Å². The first-order chi connectivity index (χ1) is 14.1. The van der Waals surface area contributed by atoms with Gasteiger partial charge in [0.15, 0.2) is 17.0 Å². The van der Waals surface area contributed by atoms with Crippen LogP contribution in [-0.4, -0.2) is 21.4 Å². The van der Waals surface area contributed by atoms with Crippen molar-refractivity contribution in [3.63, 3.8) is 0 Å². The highest BCUT2D eigenvalue weighted by molar-refractivity contribution is 5.77. The van der Waals surface area contributed by atoms with Gasteiger partial charge in [-0.1, -0.05) is 11.6 Å². The van der Waals surface area contributed by atoms with Gasteiger partial charge in [0.05, 0.1) is 29.2 Å². The topological polar surface area (TPSA) is 92.3 Å². The first-order valence-corrected chi connectivity index (χ1v) is 9.48. The van der Waals surface area contributed by atoms with Crippen LogP contribution in [0.1, 0.15) is 22.4 Å². The zero-order valence-electron chi connectivity index (χ0n) is 15.9. The van der Waals surface area contributed by atoms with Crippen LogP contribution in [0, 0.1) is 6.92 Å². The molecule has 1 aromatic carbocycles. The number of aryl methyl sites for hydroxylation is 1. The van der Waals surface area contributed by atoms with Crippen LogP contribution in [0.25, 0.3) is 22.6 Å². The molecule has 146 valence electrons. The Morgan fingerprint density at radius 3 is 2.93 bits per heavy atom. The highest BCUT2D eigenvalue weighted by Gasteiger charge is 2.23. The van der Waals surface area contributed by atoms with Gasteiger partial charge in [-0.05, 0) is 31.2 Å². The van der Waals surface area contributed by atoms with Crippen LogP contribution in [0.3, 0.4) is 0 Å². The number of fused-ring (bicyclic) bond motifs is 2. The van der Waals surface area contributed by atoms with Gasteiger partial charge in [-0.3, -0.25) is 14.5 Å². The van der Waals surface area contributed by atoms with Gasteiger partial charge in [-0.25, -0.2) is 4.98 Å². The van der Waals surface area contributed by atoms with Crippen molar-refractivity contribution in [2.75, 3.05) is 6.54 Å². The Hall–Kier alpha value is -3.45. The standard InChI is InChI=1S/C22H19N3O4/c1-13-4-5-18-15(9-13)20(26)14(12-29-18)10-25-7-6-17-16(11-25)22(27)24-21(23-17)19-3-2-8-28-19/h2-5,8-9,12H,6-7,10-11H2,1H3,(H,23,24,27). The zero-order valence-corrected chi connectivity index (χ0v) is 15.9. The Balaban J connectivity index is 1.43. The van der Waals surface area contributed by atoms with Gasteiger partial charge in [-0.2, -0.15) is 0 Å². The lowest BCUT2D eigenvalue weighted by atomic mass is 10.1. The fraction of sp³-hybridized carbons (Fsp3) is 0.227. The average Bonchev–Trinajstić information content (AvgIpc) is 3.26. The van der Waals surface area contributed by atoms with Gasteiger partial charge in [0.2, 0.25) is 0 Å². The molecule has 0 unspecified atom stereocenters. The summed E-state index contributed by atoms with van der Waals surface area (Å²) in [5.74, 6) is 0.981. The summed E-state index contributed by atoms with van der Waals surface area (Å²) in [6.07, 6.45) is 3.70. The number of rotatable bonds is 3. The summed E-state index contributed by atoms with van der Waals surface area (Å²) < 4.78 is 11.0. The molecule has 1 aliphatic heterocycles. The van der Waals surface area contributed by atoms with Gasteiger partial charge >= 0.3 is 0 Å². The van der Waals surface area contributed by atoms with E-state index in [0.29, 0.717) is 59.7 Å². The molecule has 7 nitrogen and oxygen atoms in total. The van der Waals surface area contributed by atoms with Crippen molar-refractivity contribution in [1.82, 2.24) is 14.9 Å². The van der Waals surface area contributed by atoms with E-state index in [1.165, 1.54) is 6.26 Å². The molecule has 4 aromatic rings. The quantitative estimate of drug-likeness (QED) is 0.579. The van der Waals surface area contributed by atoms with Crippen LogP contribution < -0.4 is 11.0 Å². The predicted octanol–water partition coefficient (Wildman–Crippen LogP) is 3.00. The molecule has 29 heavy (non-hydrogen) atoms. The number of furan rings is 1. The third-order valence-electron chi connectivity index (χ3n) is 5.30. The van der Waals surface area contributed by atoms with E-state index in [-0.39, 0.29) is 11.0 Å². The van der Waals surface area contributed by atoms with Crippen molar-refractivity contribution >= 4 is 11.0 Å². The number of nitrogens with zero attached hydrogens (tertiary/aromatic N) is 2. The smallest absolute Gasteiger partial charge is 0.256 e. The van der Waals surface area contributed by atoms with E-state index < -0.39 is 0 Å². The second kappa shape index (κ2) is 6.86. The van der Waals surface area contributed by atoms with Crippen LogP contribution in [0.2, 0.25) is 0 Å². The Morgan fingerprint density at radius 2 is 2.10 bits per heavy atom. The number of hydrogen-bond donors (Lipinski definition) is 1. The van der Waals surface area contributed by atoms with Gasteiger partial charge in [-0.15, -0.1) is 0 Å². The van der Waals surface area contributed by atoms with Crippen LogP contribution in [0.4, 0.5) is 0 Å². The Morgan fingerprint density at radius 1 is 1.21 bits per heavy atom. The lowest BCUT2D eigenvalue weighted by molar-refractivity contribution is 0.239. The summed E-state index contributed by atoms with van der Waals surface area (Å²) >= 11 is 0. The van der Waals surface area contributed by atoms with Crippen LogP contribution in [0.15, 0.2) is 61.3 Å². The lowest BCUT2D eigenvalue weighted by Gasteiger charge is -2.27. The van der Waals surface area contributed by atoms with E-state index in [1.54, 1.807) is 18.4 Å². The number of H-pyrrole nitrogens is 1. The molecule has 0 fully saturated rings. The molecule has 0 aliphatic carbocycles. The molecule has 4 heterocycles. The average molecular weight is 389 g/mol. The van der Waals surface area contributed by atoms with Crippen molar-refractivity contribution in [3.05, 3.63) is 85.8 Å². The molecular formula is C22H19N3O4. The van der Waals surface area contributed by atoms with E-state index >= 15 is 0 Å². The molecule has 1 aliphatic rings. The molecule has 0 bridgehead atoms. The van der Waals surface area contributed by atoms with Gasteiger partial charge < -0.3 is 13.8 Å². The second-order valence-electron chi connectivity index (χ2n) is 7.37. The summed E-state index contributed by atoms with van der Waals surface area (Å²) in [5.41, 5.74) is 3.39. The minimum absolute atomic E-state index is 0.0269. The Bertz CT molecular complexity index is 1320. The van der Waals surface area contributed by atoms with Crippen LogP contribution >= 0.6 is 0 Å². The third-order valence-corrected chi connectivity index (χ3v) is 5.30. The maximum Gasteiger partial charge on any atom is 0.256 e. The molecule has 1 N–H and O–H groups in total. The molecule has 0 radical (unpaired) electrons. The van der Waals surface area contributed by atoms with Gasteiger partial charge in [0.25, 0.3) is 5.56 Å². The summed E-state index contributed by atoms with van der Waals surface area (Å²) in [6, 6.07) is 9.10. The van der Waals surface area contributed by atoms with Gasteiger partial charge in [0.1, 0.15) is 5.58 Å². The largest absolute Gasteiger partial charge is 0.464 e. The summed E-state index contributed by atoms with van der Waals surface area (Å²) in [6.45, 7) is 3.50. The SMILES string of the molecule is Cc1ccc2occ(CN3CCc4nc(-c5ccco5)[nH]c(=O)c4C3)c(=O)c2c1. The second-order valence-corrected chi connectivity index (χ2v) is 7.37. The molecule has 0 spiro atoms. The molecule has 0 saturated heterocycles. The fourth-order valence-electron chi connectivity index (χ4n) is 3.78. The third kappa shape index (κ3) is 3.19. The summed E-state index contributed by atoms with van der Waals surface area (Å²) in [5, 5.41) is 0.586. The molecule has 0 atom stereocenters. The highest BCUT2D eigenvalue weighted by Crippen LogP contribution is 2.20. The molecule has 3 aromatic heterocycles. The highest BCUT2D eigenvalue weighted by atomic mass is 16.3. The zero-order chi connectivity index (χ0) is 20.0. The summed E-state index contributed by atoms with van der Waals surface area (Å²) in [7, 11) is 0. The molecule has 5 rings (SSSR count). The van der Waals surface area contributed by atoms with Crippen molar-refractivity contribution < 1.29 is 8.83 Å². The molecule has 0 amide bonds. The van der Waals surface area contributed by atoms with Crippen molar-refractivity contribution in [2.24, 2.45) is 0 Å². The normalized spacial score (nSPS) is 14.2. The maximum absolute atomic E-state index is 12.9. The predicted molar refractivity (Wildman–Crippen MR) is 108 cm³/mol. The van der Waals surface area contributed by atoms with E-state index in [4.69, 9.17) is 8.83 Å². The minimum Gasteiger partial charge on any atom is -0.464 e. The van der Waals surface area contributed by atoms with Crippen molar-refractivity contribution in [2.45, 2.75) is 26.4 Å². The molecule has 7 heteroatoms. The number of hydrogen-bond acceptors (Lipinski definition) is 6. The van der Waals surface area contributed by atoms with Gasteiger partial charge in [0, 0.05) is 31.6 Å². The van der Waals surface area contributed by atoms with Crippen molar-refractivity contribution in [1.29, 1.82) is 0 Å². The first-order valence-electron chi connectivity index (χ1n) is 9.48. The number of nitrogens with one attached hydrogen (secondary N) is 1. The maximum atomic E-state index is 12.9. The molecular weight excluding hydrogens is 370 g/mol. The van der Waals surface area contributed by atoms with E-state index in [9.17, 15) is 9.59 Å². The Labute approximate surface area is 165 Å². The van der Waals surface area contributed by atoms with E-state index in [2.05, 4.69) is 14.9 Å². The summed E-state index contributed by atoms with van der Waals surface area (Å²) in [4.78, 5) is 34.9. The fourth-order valence-corrected chi connectivity index (χ4v) is 3.78. The Kier molecular flexibility index (Phi) is 4.17. The lowest BCUT2D eigenvalue weighted by Crippen LogP contribution is -2.36. The minimum atomic E-state index is -0.174. The van der Waals surface area contributed by atoms with Crippen LogP contribution in [-0.2, 0) is 19.5 Å². The first kappa shape index (κ1) is 17.6.